The van der Waals surface area contributed by atoms with E-state index in [0.29, 0.717) is 17.9 Å². The fraction of sp³-hybridized carbons (Fsp3) is 1.00. The summed E-state index contributed by atoms with van der Waals surface area (Å²) < 4.78 is 0. The molecule has 0 spiro atoms. The maximum absolute atomic E-state index is 6.16. The van der Waals surface area contributed by atoms with Crippen molar-refractivity contribution in [3.05, 3.63) is 0 Å². The summed E-state index contributed by atoms with van der Waals surface area (Å²) in [7, 11) is 4.41. The number of piperidine rings is 2. The second kappa shape index (κ2) is 2.98. The van der Waals surface area contributed by atoms with Gasteiger partial charge in [-0.05, 0) is 25.9 Å². The third-order valence-corrected chi connectivity index (χ3v) is 3.27. The Kier molecular flexibility index (Phi) is 2.10. The van der Waals surface area contributed by atoms with Crippen LogP contribution < -0.4 is 5.73 Å². The fourth-order valence-electron chi connectivity index (χ4n) is 2.74. The zero-order chi connectivity index (χ0) is 8.72. The topological polar surface area (TPSA) is 32.5 Å². The van der Waals surface area contributed by atoms with Crippen molar-refractivity contribution in [1.82, 2.24) is 9.80 Å². The molecule has 0 radical (unpaired) electrons. The van der Waals surface area contributed by atoms with E-state index < -0.39 is 0 Å². The van der Waals surface area contributed by atoms with Gasteiger partial charge < -0.3 is 15.5 Å². The molecule has 0 aliphatic carbocycles. The van der Waals surface area contributed by atoms with E-state index >= 15 is 0 Å². The van der Waals surface area contributed by atoms with E-state index in [4.69, 9.17) is 5.73 Å². The average molecular weight is 169 g/mol. The molecule has 2 heterocycles. The molecule has 70 valence electrons. The van der Waals surface area contributed by atoms with Crippen LogP contribution in [0.5, 0.6) is 0 Å². The van der Waals surface area contributed by atoms with Gasteiger partial charge >= 0.3 is 0 Å². The highest BCUT2D eigenvalue weighted by Gasteiger charge is 2.37. The minimum absolute atomic E-state index is 0.456. The first kappa shape index (κ1) is 8.48. The van der Waals surface area contributed by atoms with Crippen molar-refractivity contribution >= 4 is 0 Å². The van der Waals surface area contributed by atoms with Gasteiger partial charge in [0.25, 0.3) is 0 Å². The second-order valence-corrected chi connectivity index (χ2v) is 4.54. The SMILES string of the molecule is CN1CC2CN(C)CC(C1)C2N. The molecule has 2 fully saturated rings. The number of hydrogen-bond acceptors (Lipinski definition) is 3. The van der Waals surface area contributed by atoms with Crippen molar-refractivity contribution < 1.29 is 0 Å². The Balaban J connectivity index is 2.08. The molecule has 2 rings (SSSR count). The van der Waals surface area contributed by atoms with Gasteiger partial charge in [0.05, 0.1) is 0 Å². The highest BCUT2D eigenvalue weighted by Crippen LogP contribution is 2.25. The maximum atomic E-state index is 6.16. The summed E-state index contributed by atoms with van der Waals surface area (Å²) in [6.45, 7) is 4.73. The van der Waals surface area contributed by atoms with Gasteiger partial charge in [-0.2, -0.15) is 0 Å². The van der Waals surface area contributed by atoms with Crippen LogP contribution >= 0.6 is 0 Å². The van der Waals surface area contributed by atoms with Gasteiger partial charge in [0.15, 0.2) is 0 Å². The van der Waals surface area contributed by atoms with Crippen molar-refractivity contribution in [2.75, 3.05) is 40.3 Å². The Morgan fingerprint density at radius 1 is 0.917 bits per heavy atom. The summed E-state index contributed by atoms with van der Waals surface area (Å²) in [5.41, 5.74) is 6.16. The van der Waals surface area contributed by atoms with Gasteiger partial charge in [0, 0.05) is 32.2 Å². The van der Waals surface area contributed by atoms with E-state index in [1.807, 2.05) is 0 Å². The number of fused-ring (bicyclic) bond motifs is 2. The van der Waals surface area contributed by atoms with Gasteiger partial charge in [-0.25, -0.2) is 0 Å². The van der Waals surface area contributed by atoms with Crippen molar-refractivity contribution in [3.63, 3.8) is 0 Å². The normalized spacial score (nSPS) is 44.8. The van der Waals surface area contributed by atoms with Gasteiger partial charge in [-0.3, -0.25) is 0 Å². The Bertz CT molecular complexity index is 141. The van der Waals surface area contributed by atoms with E-state index in [2.05, 4.69) is 23.9 Å². The first-order chi connectivity index (χ1) is 5.66. The lowest BCUT2D eigenvalue weighted by Gasteiger charge is -2.47. The van der Waals surface area contributed by atoms with Crippen LogP contribution in [0.15, 0.2) is 0 Å². The number of nitrogens with zero attached hydrogens (tertiary/aromatic N) is 2. The summed E-state index contributed by atoms with van der Waals surface area (Å²) in [4.78, 5) is 4.84. The lowest BCUT2D eigenvalue weighted by Crippen LogP contribution is -2.61. The number of hydrogen-bond donors (Lipinski definition) is 1. The number of rotatable bonds is 0. The molecule has 0 unspecified atom stereocenters. The number of likely N-dealkylation sites (tertiary alicyclic amines) is 2. The largest absolute Gasteiger partial charge is 0.327 e. The molecule has 0 aromatic carbocycles. The van der Waals surface area contributed by atoms with Crippen LogP contribution in [0.25, 0.3) is 0 Å². The Morgan fingerprint density at radius 3 is 1.58 bits per heavy atom. The fourth-order valence-corrected chi connectivity index (χ4v) is 2.74. The smallest absolute Gasteiger partial charge is 0.0145 e. The van der Waals surface area contributed by atoms with Gasteiger partial charge in [-0.15, -0.1) is 0 Å². The zero-order valence-corrected chi connectivity index (χ0v) is 8.03. The minimum atomic E-state index is 0.456. The summed E-state index contributed by atoms with van der Waals surface area (Å²) in [5.74, 6) is 1.40. The molecule has 0 aromatic heterocycles. The van der Waals surface area contributed by atoms with Crippen molar-refractivity contribution in [2.45, 2.75) is 6.04 Å². The standard InChI is InChI=1S/C9H19N3/c1-11-3-7-5-12(2)6-8(4-11)9(7)10/h7-9H,3-6,10H2,1-2H3. The van der Waals surface area contributed by atoms with Crippen molar-refractivity contribution in [3.8, 4) is 0 Å². The molecule has 0 atom stereocenters. The van der Waals surface area contributed by atoms with Gasteiger partial charge in [0.2, 0.25) is 0 Å². The van der Waals surface area contributed by atoms with Crippen LogP contribution in [0.2, 0.25) is 0 Å². The molecule has 0 saturated carbocycles. The van der Waals surface area contributed by atoms with Gasteiger partial charge in [0.1, 0.15) is 0 Å². The summed E-state index contributed by atoms with van der Waals surface area (Å²) in [6, 6.07) is 0.456. The first-order valence-electron chi connectivity index (χ1n) is 4.79. The van der Waals surface area contributed by atoms with Crippen molar-refractivity contribution in [1.29, 1.82) is 0 Å². The molecule has 2 bridgehead atoms. The van der Waals surface area contributed by atoms with Crippen LogP contribution in [-0.4, -0.2) is 56.1 Å². The monoisotopic (exact) mass is 169 g/mol. The zero-order valence-electron chi connectivity index (χ0n) is 8.03. The average Bonchev–Trinajstić information content (AvgIpc) is 1.94. The highest BCUT2D eigenvalue weighted by molar-refractivity contribution is 4.94. The predicted octanol–water partition coefficient (Wildman–Crippen LogP) is -0.563. The molecular weight excluding hydrogens is 150 g/mol. The molecule has 3 heteroatoms. The third-order valence-electron chi connectivity index (χ3n) is 3.27. The van der Waals surface area contributed by atoms with Crippen LogP contribution in [0, 0.1) is 11.8 Å². The van der Waals surface area contributed by atoms with Crippen LogP contribution in [0.4, 0.5) is 0 Å². The van der Waals surface area contributed by atoms with Crippen LogP contribution in [-0.2, 0) is 0 Å². The molecule has 12 heavy (non-hydrogen) atoms. The summed E-state index contributed by atoms with van der Waals surface area (Å²) in [5, 5.41) is 0. The molecular formula is C9H19N3. The Labute approximate surface area is 74.5 Å². The molecule has 2 N–H and O–H groups in total. The number of nitrogens with two attached hydrogens (primary N) is 1. The quantitative estimate of drug-likeness (QED) is 0.527. The lowest BCUT2D eigenvalue weighted by atomic mass is 9.80. The second-order valence-electron chi connectivity index (χ2n) is 4.54. The molecule has 0 aromatic rings. The van der Waals surface area contributed by atoms with E-state index in [9.17, 15) is 0 Å². The van der Waals surface area contributed by atoms with Crippen molar-refractivity contribution in [2.24, 2.45) is 17.6 Å². The predicted molar refractivity (Wildman–Crippen MR) is 49.9 cm³/mol. The molecule has 3 nitrogen and oxygen atoms in total. The highest BCUT2D eigenvalue weighted by atomic mass is 15.2. The van der Waals surface area contributed by atoms with E-state index in [-0.39, 0.29) is 0 Å². The summed E-state index contributed by atoms with van der Waals surface area (Å²) >= 11 is 0. The van der Waals surface area contributed by atoms with Gasteiger partial charge in [-0.1, -0.05) is 0 Å². The van der Waals surface area contributed by atoms with E-state index in [1.165, 1.54) is 26.2 Å². The van der Waals surface area contributed by atoms with Crippen LogP contribution in [0.3, 0.4) is 0 Å². The third kappa shape index (κ3) is 1.37. The van der Waals surface area contributed by atoms with Crippen LogP contribution in [0.1, 0.15) is 0 Å². The molecule has 2 aliphatic rings. The summed E-state index contributed by atoms with van der Waals surface area (Å²) in [6.07, 6.45) is 0. The maximum Gasteiger partial charge on any atom is 0.0145 e. The Hall–Kier alpha value is -0.120. The van der Waals surface area contributed by atoms with E-state index in [0.717, 1.165) is 0 Å². The Morgan fingerprint density at radius 2 is 1.25 bits per heavy atom. The van der Waals surface area contributed by atoms with E-state index in [1.54, 1.807) is 0 Å². The first-order valence-corrected chi connectivity index (χ1v) is 4.79. The lowest BCUT2D eigenvalue weighted by molar-refractivity contribution is 0.0361. The minimum Gasteiger partial charge on any atom is -0.327 e. The molecule has 0 amide bonds. The molecule has 2 saturated heterocycles. The molecule has 2 aliphatic heterocycles.